The van der Waals surface area contributed by atoms with Crippen LogP contribution in [-0.2, 0) is 17.8 Å². The first-order chi connectivity index (χ1) is 15.5. The first kappa shape index (κ1) is 20.3. The van der Waals surface area contributed by atoms with Gasteiger partial charge in [-0.3, -0.25) is 9.36 Å². The second-order valence-corrected chi connectivity index (χ2v) is 7.80. The summed E-state index contributed by atoms with van der Waals surface area (Å²) in [5.74, 6) is -1.91. The molecule has 0 spiro atoms. The molecule has 7 nitrogen and oxygen atoms in total. The third-order valence-electron chi connectivity index (χ3n) is 5.66. The van der Waals surface area contributed by atoms with E-state index in [0.717, 1.165) is 25.0 Å². The van der Waals surface area contributed by atoms with Crippen LogP contribution in [0.1, 0.15) is 18.4 Å². The summed E-state index contributed by atoms with van der Waals surface area (Å²) in [7, 11) is 0. The van der Waals surface area contributed by atoms with Crippen molar-refractivity contribution in [2.45, 2.75) is 32.0 Å². The van der Waals surface area contributed by atoms with Gasteiger partial charge < -0.3 is 9.30 Å². The molecule has 0 amide bonds. The molecule has 0 bridgehead atoms. The van der Waals surface area contributed by atoms with E-state index in [1.807, 2.05) is 6.07 Å². The molecule has 0 saturated carbocycles. The molecule has 0 unspecified atom stereocenters. The summed E-state index contributed by atoms with van der Waals surface area (Å²) in [6.07, 6.45) is 2.86. The minimum Gasteiger partial charge on any atom is -0.376 e. The third-order valence-corrected chi connectivity index (χ3v) is 5.66. The molecule has 9 heteroatoms. The molecule has 0 aliphatic carbocycles. The van der Waals surface area contributed by atoms with E-state index in [2.05, 4.69) is 4.98 Å². The SMILES string of the molecule is O=c1c2c(ncn2Cc2ccc(F)c(F)c2)n(-c2ccccc2)c(=O)n1C[C@H]1CCCO1. The molecule has 1 atom stereocenters. The summed E-state index contributed by atoms with van der Waals surface area (Å²) in [5, 5.41) is 0. The number of para-hydroxylation sites is 1. The molecular weight excluding hydrogens is 418 g/mol. The Morgan fingerprint density at radius 1 is 1.06 bits per heavy atom. The Morgan fingerprint density at radius 2 is 1.88 bits per heavy atom. The van der Waals surface area contributed by atoms with Gasteiger partial charge in [0.05, 0.1) is 24.7 Å². The highest BCUT2D eigenvalue weighted by atomic mass is 19.2. The summed E-state index contributed by atoms with van der Waals surface area (Å²) in [4.78, 5) is 31.1. The van der Waals surface area contributed by atoms with E-state index in [1.165, 1.54) is 21.5 Å². The number of hydrogen-bond acceptors (Lipinski definition) is 4. The Hall–Kier alpha value is -3.59. The van der Waals surface area contributed by atoms with Gasteiger partial charge in [0.25, 0.3) is 5.56 Å². The lowest BCUT2D eigenvalue weighted by molar-refractivity contribution is 0.0950. The average Bonchev–Trinajstić information content (AvgIpc) is 3.45. The van der Waals surface area contributed by atoms with Gasteiger partial charge in [-0.15, -0.1) is 0 Å². The predicted molar refractivity (Wildman–Crippen MR) is 114 cm³/mol. The van der Waals surface area contributed by atoms with Gasteiger partial charge in [0, 0.05) is 13.2 Å². The lowest BCUT2D eigenvalue weighted by Gasteiger charge is -2.15. The number of hydrogen-bond donors (Lipinski definition) is 0. The zero-order chi connectivity index (χ0) is 22.2. The smallest absolute Gasteiger partial charge is 0.337 e. The molecule has 2 aromatic carbocycles. The van der Waals surface area contributed by atoms with Crippen molar-refractivity contribution in [3.63, 3.8) is 0 Å². The highest BCUT2D eigenvalue weighted by Gasteiger charge is 2.23. The summed E-state index contributed by atoms with van der Waals surface area (Å²) in [6, 6.07) is 12.5. The minimum absolute atomic E-state index is 0.0931. The van der Waals surface area contributed by atoms with Gasteiger partial charge in [0.1, 0.15) is 0 Å². The van der Waals surface area contributed by atoms with Crippen LogP contribution in [0.3, 0.4) is 0 Å². The molecule has 1 fully saturated rings. The van der Waals surface area contributed by atoms with Crippen LogP contribution in [0.4, 0.5) is 8.78 Å². The van der Waals surface area contributed by atoms with Gasteiger partial charge in [-0.25, -0.2) is 23.1 Å². The largest absolute Gasteiger partial charge is 0.376 e. The molecule has 1 saturated heterocycles. The van der Waals surface area contributed by atoms with Crippen molar-refractivity contribution < 1.29 is 13.5 Å². The predicted octanol–water partition coefficient (Wildman–Crippen LogP) is 2.85. The van der Waals surface area contributed by atoms with Crippen molar-refractivity contribution in [1.82, 2.24) is 18.7 Å². The van der Waals surface area contributed by atoms with E-state index >= 15 is 0 Å². The monoisotopic (exact) mass is 438 g/mol. The van der Waals surface area contributed by atoms with E-state index in [1.54, 1.807) is 28.8 Å². The molecular formula is C23H20F2N4O3. The van der Waals surface area contributed by atoms with E-state index in [4.69, 9.17) is 4.74 Å². The quantitative estimate of drug-likeness (QED) is 0.481. The maximum Gasteiger partial charge on any atom is 0.337 e. The van der Waals surface area contributed by atoms with Gasteiger partial charge in [0.2, 0.25) is 0 Å². The zero-order valence-corrected chi connectivity index (χ0v) is 17.1. The van der Waals surface area contributed by atoms with Gasteiger partial charge in [-0.2, -0.15) is 0 Å². The van der Waals surface area contributed by atoms with Crippen LogP contribution < -0.4 is 11.2 Å². The van der Waals surface area contributed by atoms with Crippen molar-refractivity contribution in [2.75, 3.05) is 6.61 Å². The number of fused-ring (bicyclic) bond motifs is 1. The molecule has 4 aromatic rings. The van der Waals surface area contributed by atoms with Crippen LogP contribution in [0.15, 0.2) is 64.4 Å². The van der Waals surface area contributed by atoms with Gasteiger partial charge in [-0.05, 0) is 42.7 Å². The minimum atomic E-state index is -0.969. The van der Waals surface area contributed by atoms with Crippen molar-refractivity contribution in [1.29, 1.82) is 0 Å². The van der Waals surface area contributed by atoms with Crippen LogP contribution in [0, 0.1) is 11.6 Å². The van der Waals surface area contributed by atoms with E-state index in [9.17, 15) is 18.4 Å². The Kier molecular flexibility index (Phi) is 5.18. The average molecular weight is 438 g/mol. The molecule has 32 heavy (non-hydrogen) atoms. The van der Waals surface area contributed by atoms with Crippen molar-refractivity contribution in [3.05, 3.63) is 92.9 Å². The van der Waals surface area contributed by atoms with E-state index < -0.39 is 22.9 Å². The van der Waals surface area contributed by atoms with Crippen LogP contribution in [-0.4, -0.2) is 31.4 Å². The van der Waals surface area contributed by atoms with E-state index in [-0.39, 0.29) is 30.4 Å². The fourth-order valence-electron chi connectivity index (χ4n) is 4.10. The van der Waals surface area contributed by atoms with E-state index in [0.29, 0.717) is 17.9 Å². The number of rotatable bonds is 5. The van der Waals surface area contributed by atoms with Crippen molar-refractivity contribution in [3.8, 4) is 5.69 Å². The molecule has 0 radical (unpaired) electrons. The lowest BCUT2D eigenvalue weighted by Crippen LogP contribution is -2.42. The summed E-state index contributed by atoms with van der Waals surface area (Å²) in [6.45, 7) is 0.829. The lowest BCUT2D eigenvalue weighted by atomic mass is 10.2. The standard InChI is InChI=1S/C23H20F2N4O3/c24-18-9-8-15(11-19(18)25)12-27-14-26-21-20(27)22(30)28(13-17-7-4-10-32-17)23(31)29(21)16-5-2-1-3-6-16/h1-3,5-6,8-9,11,14,17H,4,7,10,12-13H2/t17-/m1/s1. The molecule has 0 N–H and O–H groups in total. The number of imidazole rings is 1. The topological polar surface area (TPSA) is 71.0 Å². The number of ether oxygens (including phenoxy) is 1. The number of benzene rings is 2. The maximum absolute atomic E-state index is 13.7. The molecule has 1 aliphatic heterocycles. The number of aromatic nitrogens is 4. The van der Waals surface area contributed by atoms with Crippen LogP contribution in [0.5, 0.6) is 0 Å². The van der Waals surface area contributed by atoms with Crippen molar-refractivity contribution in [2.24, 2.45) is 0 Å². The second-order valence-electron chi connectivity index (χ2n) is 7.80. The maximum atomic E-state index is 13.7. The van der Waals surface area contributed by atoms with Crippen LogP contribution in [0.2, 0.25) is 0 Å². The Morgan fingerprint density at radius 3 is 2.59 bits per heavy atom. The summed E-state index contributed by atoms with van der Waals surface area (Å²) >= 11 is 0. The molecule has 5 rings (SSSR count). The highest BCUT2D eigenvalue weighted by Crippen LogP contribution is 2.17. The first-order valence-electron chi connectivity index (χ1n) is 10.3. The van der Waals surface area contributed by atoms with Crippen molar-refractivity contribution >= 4 is 11.2 Å². The number of halogens is 2. The Bertz CT molecular complexity index is 1400. The number of nitrogens with zero attached hydrogens (tertiary/aromatic N) is 4. The van der Waals surface area contributed by atoms with Gasteiger partial charge >= 0.3 is 5.69 Å². The fraction of sp³-hybridized carbons (Fsp3) is 0.261. The van der Waals surface area contributed by atoms with Gasteiger partial charge in [0.15, 0.2) is 22.8 Å². The van der Waals surface area contributed by atoms with Crippen LogP contribution in [0.25, 0.3) is 16.9 Å². The molecule has 1 aliphatic rings. The second kappa shape index (κ2) is 8.16. The molecule has 164 valence electrons. The summed E-state index contributed by atoms with van der Waals surface area (Å²) < 4.78 is 36.8. The van der Waals surface area contributed by atoms with Crippen LogP contribution >= 0.6 is 0 Å². The Balaban J connectivity index is 1.71. The summed E-state index contributed by atoms with van der Waals surface area (Å²) in [5.41, 5.74) is 0.455. The van der Waals surface area contributed by atoms with Gasteiger partial charge in [-0.1, -0.05) is 24.3 Å². The first-order valence-corrected chi connectivity index (χ1v) is 10.3. The zero-order valence-electron chi connectivity index (χ0n) is 17.1. The Labute approximate surface area is 181 Å². The molecule has 2 aromatic heterocycles. The normalized spacial score (nSPS) is 16.1. The highest BCUT2D eigenvalue weighted by molar-refractivity contribution is 5.72. The third kappa shape index (κ3) is 3.54. The molecule has 3 heterocycles. The fourth-order valence-corrected chi connectivity index (χ4v) is 4.10.